The first kappa shape index (κ1) is 17.6. The minimum atomic E-state index is -0.582. The van der Waals surface area contributed by atoms with Crippen LogP contribution in [0.4, 0.5) is 8.78 Å². The van der Waals surface area contributed by atoms with Gasteiger partial charge in [0.15, 0.2) is 0 Å². The van der Waals surface area contributed by atoms with Crippen LogP contribution in [0.5, 0.6) is 0 Å². The summed E-state index contributed by atoms with van der Waals surface area (Å²) in [5.74, 6) is -0.111. The van der Waals surface area contributed by atoms with Crippen molar-refractivity contribution in [2.75, 3.05) is 0 Å². The first-order chi connectivity index (χ1) is 11.9. The Morgan fingerprint density at radius 1 is 1.12 bits per heavy atom. The van der Waals surface area contributed by atoms with Gasteiger partial charge in [-0.05, 0) is 37.1 Å². The number of benzene rings is 1. The Kier molecular flexibility index (Phi) is 5.18. The van der Waals surface area contributed by atoms with Crippen LogP contribution in [0.3, 0.4) is 0 Å². The van der Waals surface area contributed by atoms with Crippen LogP contribution in [0.2, 0.25) is 0 Å². The third-order valence-electron chi connectivity index (χ3n) is 3.78. The number of pyridine rings is 1. The van der Waals surface area contributed by atoms with Gasteiger partial charge in [0.05, 0.1) is 17.9 Å². The number of rotatable bonds is 5. The van der Waals surface area contributed by atoms with Gasteiger partial charge in [0.25, 0.3) is 0 Å². The first-order valence-corrected chi connectivity index (χ1v) is 8.86. The van der Waals surface area contributed by atoms with Crippen molar-refractivity contribution in [3.63, 3.8) is 0 Å². The van der Waals surface area contributed by atoms with E-state index in [1.807, 2.05) is 29.7 Å². The van der Waals surface area contributed by atoms with E-state index >= 15 is 0 Å². The maximum Gasteiger partial charge on any atom is 0.127 e. The highest BCUT2D eigenvalue weighted by atomic mass is 32.2. The smallest absolute Gasteiger partial charge is 0.127 e. The van der Waals surface area contributed by atoms with E-state index in [1.54, 1.807) is 6.20 Å². The van der Waals surface area contributed by atoms with Crippen molar-refractivity contribution < 1.29 is 8.78 Å². The molecule has 0 N–H and O–H groups in total. The highest BCUT2D eigenvalue weighted by Gasteiger charge is 2.19. The van der Waals surface area contributed by atoms with E-state index in [4.69, 9.17) is 0 Å². The lowest BCUT2D eigenvalue weighted by Crippen LogP contribution is -2.05. The molecule has 0 aliphatic rings. The summed E-state index contributed by atoms with van der Waals surface area (Å²) in [6, 6.07) is 9.31. The molecular formula is C19H19F2N3S. The van der Waals surface area contributed by atoms with Crippen LogP contribution in [0.1, 0.15) is 37.0 Å². The second-order valence-corrected chi connectivity index (χ2v) is 7.18. The Hall–Kier alpha value is -2.21. The molecule has 2 heterocycles. The maximum absolute atomic E-state index is 13.6. The van der Waals surface area contributed by atoms with E-state index < -0.39 is 11.6 Å². The normalized spacial score (nSPS) is 11.3. The number of halogens is 2. The molecule has 0 unspecified atom stereocenters. The Balaban J connectivity index is 2.03. The summed E-state index contributed by atoms with van der Waals surface area (Å²) in [5.41, 5.74) is 1.83. The van der Waals surface area contributed by atoms with E-state index in [1.165, 1.54) is 23.9 Å². The molecule has 25 heavy (non-hydrogen) atoms. The third-order valence-corrected chi connectivity index (χ3v) is 4.88. The van der Waals surface area contributed by atoms with Crippen LogP contribution in [0.15, 0.2) is 52.5 Å². The molecule has 2 aromatic heterocycles. The summed E-state index contributed by atoms with van der Waals surface area (Å²) in [7, 11) is 0. The molecule has 0 saturated carbocycles. The number of nitrogens with zero attached hydrogens (tertiary/aromatic N) is 3. The van der Waals surface area contributed by atoms with Gasteiger partial charge in [0.2, 0.25) is 0 Å². The Morgan fingerprint density at radius 3 is 2.44 bits per heavy atom. The van der Waals surface area contributed by atoms with Crippen molar-refractivity contribution in [2.24, 2.45) is 0 Å². The molecule has 0 bridgehead atoms. The van der Waals surface area contributed by atoms with Gasteiger partial charge in [-0.1, -0.05) is 31.7 Å². The molecule has 0 aliphatic carbocycles. The zero-order valence-corrected chi connectivity index (χ0v) is 15.1. The summed E-state index contributed by atoms with van der Waals surface area (Å²) in [6.07, 6.45) is 1.75. The Bertz CT molecular complexity index is 856. The summed E-state index contributed by atoms with van der Waals surface area (Å²) in [5, 5.41) is 0.892. The lowest BCUT2D eigenvalue weighted by Gasteiger charge is -2.12. The topological polar surface area (TPSA) is 30.7 Å². The van der Waals surface area contributed by atoms with Gasteiger partial charge in [-0.3, -0.25) is 4.98 Å². The Labute approximate surface area is 150 Å². The lowest BCUT2D eigenvalue weighted by atomic mass is 10.1. The van der Waals surface area contributed by atoms with Gasteiger partial charge in [0, 0.05) is 17.2 Å². The van der Waals surface area contributed by atoms with Crippen LogP contribution >= 0.6 is 11.8 Å². The van der Waals surface area contributed by atoms with Gasteiger partial charge in [-0.25, -0.2) is 13.8 Å². The summed E-state index contributed by atoms with van der Waals surface area (Å²) in [4.78, 5) is 9.56. The van der Waals surface area contributed by atoms with Crippen LogP contribution in [0.25, 0.3) is 0 Å². The predicted octanol–water partition coefficient (Wildman–Crippen LogP) is 5.19. The number of hydrogen-bond donors (Lipinski definition) is 0. The van der Waals surface area contributed by atoms with Gasteiger partial charge in [-0.15, -0.1) is 0 Å². The zero-order chi connectivity index (χ0) is 18.0. The fourth-order valence-corrected chi connectivity index (χ4v) is 3.85. The van der Waals surface area contributed by atoms with Gasteiger partial charge in [0.1, 0.15) is 22.5 Å². The van der Waals surface area contributed by atoms with Crippen molar-refractivity contribution in [1.29, 1.82) is 0 Å². The molecule has 130 valence electrons. The van der Waals surface area contributed by atoms with Gasteiger partial charge < -0.3 is 4.57 Å². The molecule has 6 heteroatoms. The number of hydrogen-bond acceptors (Lipinski definition) is 3. The summed E-state index contributed by atoms with van der Waals surface area (Å²) >= 11 is 1.33. The van der Waals surface area contributed by atoms with E-state index in [0.29, 0.717) is 11.4 Å². The minimum Gasteiger partial charge on any atom is -0.317 e. The highest BCUT2D eigenvalue weighted by molar-refractivity contribution is 7.99. The average Bonchev–Trinajstić information content (AvgIpc) is 2.84. The second kappa shape index (κ2) is 7.35. The average molecular weight is 359 g/mol. The van der Waals surface area contributed by atoms with Crippen LogP contribution < -0.4 is 0 Å². The molecule has 3 aromatic rings. The minimum absolute atomic E-state index is 0.199. The largest absolute Gasteiger partial charge is 0.317 e. The second-order valence-electron chi connectivity index (χ2n) is 6.12. The molecule has 0 fully saturated rings. The van der Waals surface area contributed by atoms with Gasteiger partial charge >= 0.3 is 0 Å². The van der Waals surface area contributed by atoms with Crippen LogP contribution in [-0.2, 0) is 6.54 Å². The lowest BCUT2D eigenvalue weighted by molar-refractivity contribution is 0.577. The van der Waals surface area contributed by atoms with E-state index in [9.17, 15) is 8.78 Å². The maximum atomic E-state index is 13.6. The fourth-order valence-electron chi connectivity index (χ4n) is 2.59. The monoisotopic (exact) mass is 359 g/mol. The molecule has 0 saturated heterocycles. The molecule has 0 spiro atoms. The standard InChI is InChI=1S/C19H19F2N3S/c1-12(2)18-19(25-17-9-14(20)8-15(21)10-17)24(13(3)23-18)11-16-6-4-5-7-22-16/h4-10,12H,11H2,1-3H3. The van der Waals surface area contributed by atoms with Crippen molar-refractivity contribution >= 4 is 11.8 Å². The summed E-state index contributed by atoms with van der Waals surface area (Å²) < 4.78 is 29.2. The van der Waals surface area contributed by atoms with Crippen LogP contribution in [-0.4, -0.2) is 14.5 Å². The fraction of sp³-hybridized carbons (Fsp3) is 0.263. The molecular weight excluding hydrogens is 340 g/mol. The van der Waals surface area contributed by atoms with E-state index in [2.05, 4.69) is 23.8 Å². The summed E-state index contributed by atoms with van der Waals surface area (Å²) in [6.45, 7) is 6.61. The molecule has 0 aliphatic heterocycles. The molecule has 0 radical (unpaired) electrons. The molecule has 1 aromatic carbocycles. The molecule has 3 rings (SSSR count). The quantitative estimate of drug-likeness (QED) is 0.628. The zero-order valence-electron chi connectivity index (χ0n) is 14.3. The van der Waals surface area contributed by atoms with Gasteiger partial charge in [-0.2, -0.15) is 0 Å². The molecule has 0 amide bonds. The SMILES string of the molecule is Cc1nc(C(C)C)c(Sc2cc(F)cc(F)c2)n1Cc1ccccn1. The number of aryl methyl sites for hydroxylation is 1. The van der Waals surface area contributed by atoms with Crippen LogP contribution in [0, 0.1) is 18.6 Å². The number of aromatic nitrogens is 3. The number of imidazole rings is 1. The van der Waals surface area contributed by atoms with E-state index in [0.717, 1.165) is 28.3 Å². The highest BCUT2D eigenvalue weighted by Crippen LogP contribution is 2.35. The van der Waals surface area contributed by atoms with Crippen molar-refractivity contribution in [1.82, 2.24) is 14.5 Å². The van der Waals surface area contributed by atoms with E-state index in [-0.39, 0.29) is 5.92 Å². The molecule has 3 nitrogen and oxygen atoms in total. The van der Waals surface area contributed by atoms with Crippen molar-refractivity contribution in [3.8, 4) is 0 Å². The third kappa shape index (κ3) is 4.07. The Morgan fingerprint density at radius 2 is 1.84 bits per heavy atom. The van der Waals surface area contributed by atoms with Crippen molar-refractivity contribution in [2.45, 2.75) is 43.2 Å². The first-order valence-electron chi connectivity index (χ1n) is 8.05. The van der Waals surface area contributed by atoms with Crippen molar-refractivity contribution in [3.05, 3.63) is 71.4 Å². The predicted molar refractivity (Wildman–Crippen MR) is 94.9 cm³/mol. The molecule has 0 atom stereocenters.